The SMILES string of the molecule is COc1ccc(CN2CCN(C(=S)NCCN3CCOCC3)CC2)cc1. The summed E-state index contributed by atoms with van der Waals surface area (Å²) < 4.78 is 10.6. The normalized spacial score (nSPS) is 19.3. The van der Waals surface area contributed by atoms with Crippen molar-refractivity contribution in [2.75, 3.05) is 72.7 Å². The summed E-state index contributed by atoms with van der Waals surface area (Å²) >= 11 is 5.58. The van der Waals surface area contributed by atoms with Crippen LogP contribution in [0.5, 0.6) is 5.75 Å². The van der Waals surface area contributed by atoms with Crippen molar-refractivity contribution in [2.45, 2.75) is 6.54 Å². The quantitative estimate of drug-likeness (QED) is 0.741. The number of nitrogens with one attached hydrogen (secondary N) is 1. The number of hydrogen-bond acceptors (Lipinski definition) is 5. The molecule has 0 atom stereocenters. The van der Waals surface area contributed by atoms with Gasteiger partial charge in [-0.25, -0.2) is 0 Å². The lowest BCUT2D eigenvalue weighted by Crippen LogP contribution is -2.52. The number of methoxy groups -OCH3 is 1. The minimum absolute atomic E-state index is 0.848. The molecule has 2 aliphatic rings. The van der Waals surface area contributed by atoms with Gasteiger partial charge in [0.15, 0.2) is 5.11 Å². The Morgan fingerprint density at radius 1 is 1.04 bits per heavy atom. The fourth-order valence-electron chi connectivity index (χ4n) is 3.36. The molecule has 2 fully saturated rings. The molecule has 0 bridgehead atoms. The largest absolute Gasteiger partial charge is 0.497 e. The van der Waals surface area contributed by atoms with Crippen molar-refractivity contribution in [3.05, 3.63) is 29.8 Å². The van der Waals surface area contributed by atoms with Crippen molar-refractivity contribution in [1.82, 2.24) is 20.0 Å². The molecular weight excluding hydrogens is 348 g/mol. The lowest BCUT2D eigenvalue weighted by atomic mass is 10.2. The van der Waals surface area contributed by atoms with E-state index < -0.39 is 0 Å². The average Bonchev–Trinajstić information content (AvgIpc) is 2.70. The van der Waals surface area contributed by atoms with Crippen LogP contribution in [0.15, 0.2) is 24.3 Å². The highest BCUT2D eigenvalue weighted by Crippen LogP contribution is 2.14. The molecule has 2 aliphatic heterocycles. The second kappa shape index (κ2) is 10.1. The van der Waals surface area contributed by atoms with Crippen LogP contribution >= 0.6 is 12.2 Å². The van der Waals surface area contributed by atoms with Crippen LogP contribution in [0.1, 0.15) is 5.56 Å². The molecule has 2 heterocycles. The summed E-state index contributed by atoms with van der Waals surface area (Å²) in [7, 11) is 1.70. The number of morpholine rings is 1. The first-order chi connectivity index (χ1) is 12.7. The molecule has 1 N–H and O–H groups in total. The first-order valence-corrected chi connectivity index (χ1v) is 9.83. The van der Waals surface area contributed by atoms with Gasteiger partial charge in [-0.3, -0.25) is 9.80 Å². The van der Waals surface area contributed by atoms with E-state index in [1.165, 1.54) is 5.56 Å². The van der Waals surface area contributed by atoms with Gasteiger partial charge in [-0.05, 0) is 29.9 Å². The maximum Gasteiger partial charge on any atom is 0.169 e. The zero-order chi connectivity index (χ0) is 18.2. The number of hydrogen-bond donors (Lipinski definition) is 1. The highest BCUT2D eigenvalue weighted by Gasteiger charge is 2.19. The monoisotopic (exact) mass is 378 g/mol. The molecule has 0 aromatic heterocycles. The Hall–Kier alpha value is -1.41. The number of ether oxygens (including phenoxy) is 2. The van der Waals surface area contributed by atoms with Gasteiger partial charge in [0.25, 0.3) is 0 Å². The molecule has 0 saturated carbocycles. The molecule has 0 radical (unpaired) electrons. The van der Waals surface area contributed by atoms with Gasteiger partial charge >= 0.3 is 0 Å². The standard InChI is InChI=1S/C19H30N4O2S/c1-24-18-4-2-17(3-5-18)16-22-8-10-23(11-9-22)19(26)20-6-7-21-12-14-25-15-13-21/h2-5H,6-16H2,1H3,(H,20,26). The Morgan fingerprint density at radius 2 is 1.73 bits per heavy atom. The van der Waals surface area contributed by atoms with E-state index in [9.17, 15) is 0 Å². The topological polar surface area (TPSA) is 40.2 Å². The fourth-order valence-corrected chi connectivity index (χ4v) is 3.64. The number of rotatable bonds is 6. The van der Waals surface area contributed by atoms with Gasteiger partial charge in [-0.1, -0.05) is 12.1 Å². The molecule has 3 rings (SSSR count). The van der Waals surface area contributed by atoms with Crippen LogP contribution in [-0.2, 0) is 11.3 Å². The average molecular weight is 379 g/mol. The van der Waals surface area contributed by atoms with E-state index in [0.29, 0.717) is 0 Å². The summed E-state index contributed by atoms with van der Waals surface area (Å²) in [6.45, 7) is 10.7. The van der Waals surface area contributed by atoms with Crippen molar-refractivity contribution in [1.29, 1.82) is 0 Å². The van der Waals surface area contributed by atoms with Gasteiger partial charge in [0, 0.05) is 58.9 Å². The molecule has 7 heteroatoms. The number of nitrogens with zero attached hydrogens (tertiary/aromatic N) is 3. The van der Waals surface area contributed by atoms with Gasteiger partial charge in [0.05, 0.1) is 20.3 Å². The summed E-state index contributed by atoms with van der Waals surface area (Å²) in [4.78, 5) is 7.19. The minimum Gasteiger partial charge on any atom is -0.497 e. The molecule has 144 valence electrons. The van der Waals surface area contributed by atoms with Crippen LogP contribution in [0.2, 0.25) is 0 Å². The molecule has 0 unspecified atom stereocenters. The van der Waals surface area contributed by atoms with E-state index in [1.807, 2.05) is 12.1 Å². The van der Waals surface area contributed by atoms with Crippen molar-refractivity contribution < 1.29 is 9.47 Å². The fraction of sp³-hybridized carbons (Fsp3) is 0.632. The smallest absolute Gasteiger partial charge is 0.169 e. The Bertz CT molecular complexity index is 555. The zero-order valence-electron chi connectivity index (χ0n) is 15.7. The van der Waals surface area contributed by atoms with Crippen molar-refractivity contribution >= 4 is 17.3 Å². The van der Waals surface area contributed by atoms with Crippen LogP contribution in [0, 0.1) is 0 Å². The minimum atomic E-state index is 0.848. The van der Waals surface area contributed by atoms with E-state index in [0.717, 1.165) is 83.0 Å². The number of piperazine rings is 1. The summed E-state index contributed by atoms with van der Waals surface area (Å²) in [6.07, 6.45) is 0. The third kappa shape index (κ3) is 5.81. The number of thiocarbonyl (C=S) groups is 1. The third-order valence-electron chi connectivity index (χ3n) is 5.03. The van der Waals surface area contributed by atoms with Gasteiger partial charge in [-0.2, -0.15) is 0 Å². The Kier molecular flexibility index (Phi) is 7.49. The van der Waals surface area contributed by atoms with E-state index in [-0.39, 0.29) is 0 Å². The van der Waals surface area contributed by atoms with Gasteiger partial charge in [-0.15, -0.1) is 0 Å². The highest BCUT2D eigenvalue weighted by atomic mass is 32.1. The van der Waals surface area contributed by atoms with E-state index in [2.05, 4.69) is 32.1 Å². The predicted octanol–water partition coefficient (Wildman–Crippen LogP) is 1.02. The van der Waals surface area contributed by atoms with Crippen molar-refractivity contribution in [3.63, 3.8) is 0 Å². The predicted molar refractivity (Wildman–Crippen MR) is 108 cm³/mol. The van der Waals surface area contributed by atoms with Crippen LogP contribution in [0.4, 0.5) is 0 Å². The molecule has 0 aliphatic carbocycles. The zero-order valence-corrected chi connectivity index (χ0v) is 16.5. The summed E-state index contributed by atoms with van der Waals surface area (Å²) in [5, 5.41) is 4.31. The van der Waals surface area contributed by atoms with Crippen molar-refractivity contribution in [2.24, 2.45) is 0 Å². The van der Waals surface area contributed by atoms with E-state index >= 15 is 0 Å². The maximum absolute atomic E-state index is 5.58. The molecule has 2 saturated heterocycles. The van der Waals surface area contributed by atoms with E-state index in [4.69, 9.17) is 21.7 Å². The molecule has 1 aromatic carbocycles. The molecule has 1 aromatic rings. The van der Waals surface area contributed by atoms with Gasteiger partial charge in [0.1, 0.15) is 5.75 Å². The van der Waals surface area contributed by atoms with E-state index in [1.54, 1.807) is 7.11 Å². The van der Waals surface area contributed by atoms with Crippen molar-refractivity contribution in [3.8, 4) is 5.75 Å². The first kappa shape index (κ1) is 19.4. The molecule has 0 amide bonds. The summed E-state index contributed by atoms with van der Waals surface area (Å²) in [5.41, 5.74) is 1.32. The second-order valence-electron chi connectivity index (χ2n) is 6.80. The Morgan fingerprint density at radius 3 is 2.38 bits per heavy atom. The summed E-state index contributed by atoms with van der Waals surface area (Å²) in [6, 6.07) is 8.34. The lowest BCUT2D eigenvalue weighted by molar-refractivity contribution is 0.0388. The lowest BCUT2D eigenvalue weighted by Gasteiger charge is -2.36. The maximum atomic E-state index is 5.58. The van der Waals surface area contributed by atoms with Gasteiger partial charge in [0.2, 0.25) is 0 Å². The molecule has 0 spiro atoms. The molecular formula is C19H30N4O2S. The molecule has 6 nitrogen and oxygen atoms in total. The Balaban J connectivity index is 1.33. The third-order valence-corrected chi connectivity index (χ3v) is 5.44. The Labute approximate surface area is 162 Å². The van der Waals surface area contributed by atoms with Gasteiger partial charge < -0.3 is 19.7 Å². The number of benzene rings is 1. The van der Waals surface area contributed by atoms with Crippen LogP contribution in [0.25, 0.3) is 0 Å². The second-order valence-corrected chi connectivity index (χ2v) is 7.18. The van der Waals surface area contributed by atoms with Crippen LogP contribution in [0.3, 0.4) is 0 Å². The first-order valence-electron chi connectivity index (χ1n) is 9.43. The highest BCUT2D eigenvalue weighted by molar-refractivity contribution is 7.80. The summed E-state index contributed by atoms with van der Waals surface area (Å²) in [5.74, 6) is 0.909. The molecule has 26 heavy (non-hydrogen) atoms. The van der Waals surface area contributed by atoms with Crippen LogP contribution < -0.4 is 10.1 Å². The van der Waals surface area contributed by atoms with Crippen LogP contribution in [-0.4, -0.2) is 92.5 Å².